The van der Waals surface area contributed by atoms with E-state index in [2.05, 4.69) is 28.2 Å². The number of aliphatic hydroxyl groups is 1. The molecule has 306 valence electrons. The SMILES string of the molecule is CCCCCCCCCC[C@H]1OC(=O)CNC(=O)[C@H](COCCCN)NC(=O)[C@H](CO)NC(=O)[C@H]([C@@H](C)CC)NC(=O)[C@H](CC(C)C)N(C)C(=O)[C@@H]1C. The highest BCUT2D eigenvalue weighted by molar-refractivity contribution is 5.96. The van der Waals surface area contributed by atoms with Crippen molar-refractivity contribution in [3.63, 3.8) is 0 Å². The molecule has 0 radical (unpaired) electrons. The fraction of sp³-hybridized carbons (Fsp3) is 0.842. The summed E-state index contributed by atoms with van der Waals surface area (Å²) in [4.78, 5) is 82.9. The van der Waals surface area contributed by atoms with Crippen LogP contribution in [0.1, 0.15) is 119 Å². The van der Waals surface area contributed by atoms with E-state index in [9.17, 15) is 33.9 Å². The third-order valence-electron chi connectivity index (χ3n) is 9.81. The molecule has 0 aromatic heterocycles. The zero-order valence-corrected chi connectivity index (χ0v) is 33.4. The predicted molar refractivity (Wildman–Crippen MR) is 202 cm³/mol. The maximum atomic E-state index is 14.1. The zero-order chi connectivity index (χ0) is 39.9. The number of unbranched alkanes of at least 4 members (excludes halogenated alkanes) is 7. The number of nitrogens with two attached hydrogens (primary N) is 1. The number of nitrogens with one attached hydrogen (secondary N) is 4. The molecule has 0 bridgehead atoms. The monoisotopic (exact) mass is 755 g/mol. The van der Waals surface area contributed by atoms with E-state index < -0.39 is 84.8 Å². The number of hydrogen-bond donors (Lipinski definition) is 6. The second-order valence-corrected chi connectivity index (χ2v) is 14.8. The van der Waals surface area contributed by atoms with Gasteiger partial charge in [0.05, 0.1) is 19.1 Å². The summed E-state index contributed by atoms with van der Waals surface area (Å²) in [5, 5.41) is 20.4. The van der Waals surface area contributed by atoms with Gasteiger partial charge < -0.3 is 46.5 Å². The number of carbonyl (C=O) groups is 6. The summed E-state index contributed by atoms with van der Waals surface area (Å²) >= 11 is 0. The molecule has 1 heterocycles. The number of aliphatic hydroxyl groups excluding tert-OH is 1. The van der Waals surface area contributed by atoms with Gasteiger partial charge in [0.25, 0.3) is 0 Å². The molecule has 7 atom stereocenters. The Hall–Kier alpha value is -3.30. The molecule has 1 fully saturated rings. The number of esters is 1. The van der Waals surface area contributed by atoms with Crippen LogP contribution in [0.25, 0.3) is 0 Å². The van der Waals surface area contributed by atoms with Gasteiger partial charge in [-0.05, 0) is 44.1 Å². The number of carbonyl (C=O) groups excluding carboxylic acids is 6. The van der Waals surface area contributed by atoms with E-state index in [0.717, 1.165) is 25.7 Å². The van der Waals surface area contributed by atoms with Crippen LogP contribution in [0.15, 0.2) is 0 Å². The molecule has 1 rings (SSSR count). The number of nitrogens with zero attached hydrogens (tertiary/aromatic N) is 1. The minimum Gasteiger partial charge on any atom is -0.460 e. The van der Waals surface area contributed by atoms with Crippen LogP contribution in [-0.4, -0.2) is 116 Å². The quantitative estimate of drug-likeness (QED) is 0.0832. The Kier molecular flexibility index (Phi) is 23.8. The van der Waals surface area contributed by atoms with E-state index in [4.69, 9.17) is 15.2 Å². The Morgan fingerprint density at radius 3 is 2.06 bits per heavy atom. The lowest BCUT2D eigenvalue weighted by Crippen LogP contribution is -2.61. The number of cyclic esters (lactones) is 1. The van der Waals surface area contributed by atoms with Gasteiger partial charge in [0.2, 0.25) is 29.5 Å². The molecule has 5 amide bonds. The van der Waals surface area contributed by atoms with Crippen LogP contribution in [0.5, 0.6) is 0 Å². The van der Waals surface area contributed by atoms with Crippen molar-refractivity contribution in [3.05, 3.63) is 0 Å². The van der Waals surface area contributed by atoms with Crippen molar-refractivity contribution in [2.24, 2.45) is 23.5 Å². The zero-order valence-electron chi connectivity index (χ0n) is 33.4. The van der Waals surface area contributed by atoms with E-state index in [0.29, 0.717) is 38.6 Å². The second kappa shape index (κ2) is 26.5. The summed E-state index contributed by atoms with van der Waals surface area (Å²) in [6.07, 6.45) is 9.30. The lowest BCUT2D eigenvalue weighted by atomic mass is 9.94. The average molecular weight is 755 g/mol. The van der Waals surface area contributed by atoms with Gasteiger partial charge in [0, 0.05) is 13.7 Å². The van der Waals surface area contributed by atoms with E-state index in [1.807, 2.05) is 20.8 Å². The van der Waals surface area contributed by atoms with Crippen LogP contribution in [-0.2, 0) is 38.2 Å². The van der Waals surface area contributed by atoms with E-state index in [-0.39, 0.29) is 25.0 Å². The normalized spacial score (nSPS) is 25.1. The molecule has 1 aliphatic heterocycles. The molecular weight excluding hydrogens is 684 g/mol. The van der Waals surface area contributed by atoms with Crippen LogP contribution in [0.3, 0.4) is 0 Å². The lowest BCUT2D eigenvalue weighted by Gasteiger charge is -2.34. The fourth-order valence-corrected chi connectivity index (χ4v) is 6.15. The minimum atomic E-state index is -1.48. The highest BCUT2D eigenvalue weighted by atomic mass is 16.5. The van der Waals surface area contributed by atoms with Crippen molar-refractivity contribution < 1.29 is 43.3 Å². The number of hydrogen-bond acceptors (Lipinski definition) is 10. The minimum absolute atomic E-state index is 0.00181. The molecule has 0 unspecified atom stereocenters. The van der Waals surface area contributed by atoms with Gasteiger partial charge in [0.15, 0.2) is 0 Å². The average Bonchev–Trinajstić information content (AvgIpc) is 3.13. The first-order valence-electron chi connectivity index (χ1n) is 19.8. The first-order chi connectivity index (χ1) is 25.2. The molecule has 0 saturated carbocycles. The molecule has 0 aliphatic carbocycles. The van der Waals surface area contributed by atoms with Gasteiger partial charge >= 0.3 is 5.97 Å². The molecule has 0 aromatic carbocycles. The largest absolute Gasteiger partial charge is 0.460 e. The highest BCUT2D eigenvalue weighted by Gasteiger charge is 2.38. The number of rotatable bonds is 19. The van der Waals surface area contributed by atoms with Crippen LogP contribution >= 0.6 is 0 Å². The van der Waals surface area contributed by atoms with Gasteiger partial charge in [-0.1, -0.05) is 92.9 Å². The Morgan fingerprint density at radius 1 is 0.849 bits per heavy atom. The summed E-state index contributed by atoms with van der Waals surface area (Å²) in [6, 6.07) is -4.85. The van der Waals surface area contributed by atoms with Gasteiger partial charge in [-0.2, -0.15) is 0 Å². The Morgan fingerprint density at radius 2 is 1.47 bits per heavy atom. The first kappa shape index (κ1) is 47.7. The van der Waals surface area contributed by atoms with Crippen LogP contribution in [0, 0.1) is 17.8 Å². The van der Waals surface area contributed by atoms with Crippen molar-refractivity contribution in [1.82, 2.24) is 26.2 Å². The molecule has 0 spiro atoms. The van der Waals surface area contributed by atoms with Crippen molar-refractivity contribution in [3.8, 4) is 0 Å². The third-order valence-corrected chi connectivity index (χ3v) is 9.81. The van der Waals surface area contributed by atoms with Gasteiger partial charge in [-0.15, -0.1) is 0 Å². The summed E-state index contributed by atoms with van der Waals surface area (Å²) in [5.74, 6) is -5.28. The highest BCUT2D eigenvalue weighted by Crippen LogP contribution is 2.22. The summed E-state index contributed by atoms with van der Waals surface area (Å²) in [6.45, 7) is 10.2. The second-order valence-electron chi connectivity index (χ2n) is 14.8. The van der Waals surface area contributed by atoms with E-state index in [1.54, 1.807) is 13.8 Å². The van der Waals surface area contributed by atoms with Crippen molar-refractivity contribution in [2.45, 2.75) is 149 Å². The predicted octanol–water partition coefficient (Wildman–Crippen LogP) is 1.93. The Labute approximate surface area is 317 Å². The standard InChI is InChI=1S/C38H70N6O9/c1-8-10-11-12-13-14-15-16-18-31-27(6)38(51)44(7)30(21-25(3)4)36(49)43-33(26(5)9-2)37(50)41-28(23-45)35(48)42-29(24-52-20-17-19-39)34(47)40-22-32(46)53-31/h25-31,33,45H,8-24,39H2,1-7H3,(H,40,47)(H,41,50)(H,42,48)(H,43,49)/t26-,27+,28-,29-,30-,31+,33-/m0/s1. The van der Waals surface area contributed by atoms with Crippen LogP contribution in [0.4, 0.5) is 0 Å². The van der Waals surface area contributed by atoms with E-state index in [1.165, 1.54) is 31.2 Å². The number of ether oxygens (including phenoxy) is 2. The molecule has 15 heteroatoms. The molecule has 7 N–H and O–H groups in total. The van der Waals surface area contributed by atoms with Gasteiger partial charge in [0.1, 0.15) is 36.8 Å². The maximum absolute atomic E-state index is 14.1. The third kappa shape index (κ3) is 17.6. The van der Waals surface area contributed by atoms with Gasteiger partial charge in [-0.25, -0.2) is 0 Å². The number of likely N-dealkylation sites (N-methyl/N-ethyl adjacent to an activating group) is 1. The van der Waals surface area contributed by atoms with Crippen molar-refractivity contribution in [2.75, 3.05) is 40.0 Å². The smallest absolute Gasteiger partial charge is 0.325 e. The topological polar surface area (TPSA) is 218 Å². The molecular formula is C38H70N6O9. The maximum Gasteiger partial charge on any atom is 0.325 e. The Balaban J connectivity index is 3.52. The van der Waals surface area contributed by atoms with Crippen molar-refractivity contribution >= 4 is 35.5 Å². The summed E-state index contributed by atoms with van der Waals surface area (Å²) in [5.41, 5.74) is 5.55. The van der Waals surface area contributed by atoms with E-state index >= 15 is 0 Å². The molecule has 0 aromatic rings. The molecule has 1 saturated heterocycles. The van der Waals surface area contributed by atoms with Crippen molar-refractivity contribution in [1.29, 1.82) is 0 Å². The lowest BCUT2D eigenvalue weighted by molar-refractivity contribution is -0.157. The first-order valence-corrected chi connectivity index (χ1v) is 19.8. The molecule has 15 nitrogen and oxygen atoms in total. The molecule has 53 heavy (non-hydrogen) atoms. The molecule has 1 aliphatic rings. The van der Waals surface area contributed by atoms with Crippen LogP contribution < -0.4 is 27.0 Å². The summed E-state index contributed by atoms with van der Waals surface area (Å²) in [7, 11) is 1.53. The fourth-order valence-electron chi connectivity index (χ4n) is 6.15. The van der Waals surface area contributed by atoms with Gasteiger partial charge in [-0.3, -0.25) is 28.8 Å². The van der Waals surface area contributed by atoms with Crippen LogP contribution in [0.2, 0.25) is 0 Å². The summed E-state index contributed by atoms with van der Waals surface area (Å²) < 4.78 is 11.4. The Bertz CT molecular complexity index is 1140. The number of amides is 5.